The lowest BCUT2D eigenvalue weighted by atomic mass is 10.00. The van der Waals surface area contributed by atoms with Crippen LogP contribution in [0.1, 0.15) is 16.1 Å². The van der Waals surface area contributed by atoms with Gasteiger partial charge in [-0.1, -0.05) is 11.2 Å². The van der Waals surface area contributed by atoms with Crippen molar-refractivity contribution < 1.29 is 9.53 Å². The average Bonchev–Trinajstić information content (AvgIpc) is 3.29. The first-order valence-electron chi connectivity index (χ1n) is 7.63. The van der Waals surface area contributed by atoms with Gasteiger partial charge >= 0.3 is 0 Å². The van der Waals surface area contributed by atoms with Crippen LogP contribution < -0.4 is 10.1 Å². The summed E-state index contributed by atoms with van der Waals surface area (Å²) in [5, 5.41) is 11.2. The molecule has 130 valence electrons. The molecule has 0 bridgehead atoms. The van der Waals surface area contributed by atoms with Crippen molar-refractivity contribution in [1.29, 1.82) is 0 Å². The van der Waals surface area contributed by atoms with Gasteiger partial charge in [-0.3, -0.25) is 15.1 Å². The molecule has 0 aliphatic carbocycles. The summed E-state index contributed by atoms with van der Waals surface area (Å²) in [4.78, 5) is 21.4. The highest BCUT2D eigenvalue weighted by atomic mass is 32.1. The smallest absolute Gasteiger partial charge is 0.295 e. The van der Waals surface area contributed by atoms with E-state index < -0.39 is 0 Å². The maximum absolute atomic E-state index is 12.8. The predicted octanol–water partition coefficient (Wildman–Crippen LogP) is 3.78. The van der Waals surface area contributed by atoms with Crippen molar-refractivity contribution in [2.24, 2.45) is 0 Å². The molecule has 0 saturated carbocycles. The molecular weight excluding hydrogens is 370 g/mol. The summed E-state index contributed by atoms with van der Waals surface area (Å²) in [6.45, 7) is 1.89. The van der Waals surface area contributed by atoms with E-state index in [1.54, 1.807) is 17.5 Å². The molecule has 4 rings (SSSR count). The van der Waals surface area contributed by atoms with E-state index in [1.165, 1.54) is 7.11 Å². The number of pyridine rings is 1. The lowest BCUT2D eigenvalue weighted by molar-refractivity contribution is 0.102. The molecule has 0 fully saturated rings. The molecule has 7 nitrogen and oxygen atoms in total. The van der Waals surface area contributed by atoms with Crippen LogP contribution in [0.25, 0.3) is 21.3 Å². The normalized spacial score (nSPS) is 10.8. The number of thiazole rings is 1. The molecule has 26 heavy (non-hydrogen) atoms. The number of anilines is 1. The van der Waals surface area contributed by atoms with Crippen LogP contribution in [0.3, 0.4) is 0 Å². The molecule has 3 aromatic heterocycles. The number of fused-ring (bicyclic) bond motifs is 1. The minimum atomic E-state index is -0.301. The Morgan fingerprint density at radius 1 is 1.19 bits per heavy atom. The summed E-state index contributed by atoms with van der Waals surface area (Å²) < 4.78 is 6.10. The molecule has 0 saturated heterocycles. The number of aromatic nitrogens is 4. The van der Waals surface area contributed by atoms with Crippen LogP contribution in [0, 0.1) is 6.92 Å². The standard InChI is InChI=1S/C17H13N5O2S2/c1-9-5-11(10-3-4-14-13(6-10)19-8-25-14)12(7-18-9)15(23)20-16-21-22-17(24-2)26-16/h3-8H,1-2H3,(H,20,21,23). The molecule has 1 N–H and O–H groups in total. The van der Waals surface area contributed by atoms with Gasteiger partial charge in [-0.2, -0.15) is 0 Å². The van der Waals surface area contributed by atoms with Gasteiger partial charge in [-0.15, -0.1) is 16.4 Å². The number of methoxy groups -OCH3 is 1. The molecule has 0 aliphatic heterocycles. The zero-order chi connectivity index (χ0) is 18.1. The van der Waals surface area contributed by atoms with E-state index >= 15 is 0 Å². The fourth-order valence-electron chi connectivity index (χ4n) is 2.51. The molecule has 0 radical (unpaired) electrons. The summed E-state index contributed by atoms with van der Waals surface area (Å²) in [6.07, 6.45) is 1.57. The molecule has 1 aromatic carbocycles. The SMILES string of the molecule is COc1nnc(NC(=O)c2cnc(C)cc2-c2ccc3scnc3c2)s1. The Kier molecular flexibility index (Phi) is 4.31. The Hall–Kier alpha value is -2.91. The number of amides is 1. The highest BCUT2D eigenvalue weighted by molar-refractivity contribution is 7.17. The van der Waals surface area contributed by atoms with Gasteiger partial charge in [0.15, 0.2) is 0 Å². The lowest BCUT2D eigenvalue weighted by Crippen LogP contribution is -2.13. The monoisotopic (exact) mass is 383 g/mol. The number of nitrogens with one attached hydrogen (secondary N) is 1. The molecule has 0 spiro atoms. The summed E-state index contributed by atoms with van der Waals surface area (Å²) >= 11 is 2.74. The van der Waals surface area contributed by atoms with Gasteiger partial charge in [0.1, 0.15) is 0 Å². The first kappa shape index (κ1) is 16.6. The number of carbonyl (C=O) groups excluding carboxylic acids is 1. The molecule has 3 heterocycles. The van der Waals surface area contributed by atoms with Gasteiger partial charge < -0.3 is 4.74 Å². The number of benzene rings is 1. The quantitative estimate of drug-likeness (QED) is 0.577. The Labute approximate surface area is 156 Å². The van der Waals surface area contributed by atoms with E-state index in [0.29, 0.717) is 15.9 Å². The average molecular weight is 383 g/mol. The molecular formula is C17H13N5O2S2. The van der Waals surface area contributed by atoms with Crippen LogP contribution in [0.4, 0.5) is 5.13 Å². The largest absolute Gasteiger partial charge is 0.472 e. The van der Waals surface area contributed by atoms with E-state index in [2.05, 4.69) is 25.5 Å². The minimum Gasteiger partial charge on any atom is -0.472 e. The highest BCUT2D eigenvalue weighted by Crippen LogP contribution is 2.29. The van der Waals surface area contributed by atoms with Gasteiger partial charge in [-0.05, 0) is 47.6 Å². The Morgan fingerprint density at radius 3 is 2.88 bits per heavy atom. The summed E-state index contributed by atoms with van der Waals surface area (Å²) in [6, 6.07) is 7.87. The summed E-state index contributed by atoms with van der Waals surface area (Å²) in [5.41, 5.74) is 5.70. The molecule has 0 unspecified atom stereocenters. The maximum atomic E-state index is 12.8. The Morgan fingerprint density at radius 2 is 2.08 bits per heavy atom. The van der Waals surface area contributed by atoms with Crippen molar-refractivity contribution in [3.63, 3.8) is 0 Å². The first-order chi connectivity index (χ1) is 12.6. The van der Waals surface area contributed by atoms with Crippen LogP contribution in [0.15, 0.2) is 36.0 Å². The number of rotatable bonds is 4. The molecule has 1 amide bonds. The van der Waals surface area contributed by atoms with Crippen LogP contribution >= 0.6 is 22.7 Å². The second-order valence-electron chi connectivity index (χ2n) is 5.44. The van der Waals surface area contributed by atoms with E-state index in [4.69, 9.17) is 4.74 Å². The fraction of sp³-hybridized carbons (Fsp3) is 0.118. The first-order valence-corrected chi connectivity index (χ1v) is 9.33. The predicted molar refractivity (Wildman–Crippen MR) is 102 cm³/mol. The van der Waals surface area contributed by atoms with Crippen LogP contribution in [0.2, 0.25) is 0 Å². The second-order valence-corrected chi connectivity index (χ2v) is 7.26. The molecule has 0 aliphatic rings. The van der Waals surface area contributed by atoms with Crippen LogP contribution in [-0.2, 0) is 0 Å². The maximum Gasteiger partial charge on any atom is 0.295 e. The topological polar surface area (TPSA) is 89.9 Å². The third-order valence-corrected chi connectivity index (χ3v) is 5.34. The second kappa shape index (κ2) is 6.77. The summed E-state index contributed by atoms with van der Waals surface area (Å²) in [5.74, 6) is -0.301. The lowest BCUT2D eigenvalue weighted by Gasteiger charge is -2.10. The number of ether oxygens (including phenoxy) is 1. The minimum absolute atomic E-state index is 0.301. The van der Waals surface area contributed by atoms with Gasteiger partial charge in [0.25, 0.3) is 11.1 Å². The van der Waals surface area contributed by atoms with Gasteiger partial charge in [0.2, 0.25) is 5.13 Å². The molecule has 0 atom stereocenters. The van der Waals surface area contributed by atoms with Crippen molar-refractivity contribution in [2.45, 2.75) is 6.92 Å². The van der Waals surface area contributed by atoms with E-state index in [-0.39, 0.29) is 5.91 Å². The van der Waals surface area contributed by atoms with Crippen molar-refractivity contribution in [1.82, 2.24) is 20.2 Å². The van der Waals surface area contributed by atoms with Gasteiger partial charge in [0, 0.05) is 11.9 Å². The molecule has 9 heteroatoms. The van der Waals surface area contributed by atoms with Crippen molar-refractivity contribution in [3.05, 3.63) is 47.2 Å². The van der Waals surface area contributed by atoms with Gasteiger partial charge in [0.05, 0.1) is 28.4 Å². The fourth-order valence-corrected chi connectivity index (χ4v) is 3.73. The third kappa shape index (κ3) is 3.14. The number of aryl methyl sites for hydroxylation is 1. The van der Waals surface area contributed by atoms with Crippen molar-refractivity contribution >= 4 is 43.9 Å². The number of hydrogen-bond donors (Lipinski definition) is 1. The van der Waals surface area contributed by atoms with Crippen molar-refractivity contribution in [2.75, 3.05) is 12.4 Å². The van der Waals surface area contributed by atoms with Crippen molar-refractivity contribution in [3.8, 4) is 16.3 Å². The van der Waals surface area contributed by atoms with E-state index in [0.717, 1.165) is 38.4 Å². The van der Waals surface area contributed by atoms with E-state index in [1.807, 2.05) is 36.7 Å². The number of hydrogen-bond acceptors (Lipinski definition) is 8. The number of carbonyl (C=O) groups is 1. The number of nitrogens with zero attached hydrogens (tertiary/aromatic N) is 4. The summed E-state index contributed by atoms with van der Waals surface area (Å²) in [7, 11) is 1.50. The Bertz CT molecular complexity index is 1110. The highest BCUT2D eigenvalue weighted by Gasteiger charge is 2.17. The van der Waals surface area contributed by atoms with Gasteiger partial charge in [-0.25, -0.2) is 4.98 Å². The zero-order valence-corrected chi connectivity index (χ0v) is 15.5. The van der Waals surface area contributed by atoms with Crippen LogP contribution in [0.5, 0.6) is 5.19 Å². The van der Waals surface area contributed by atoms with E-state index in [9.17, 15) is 4.79 Å². The zero-order valence-electron chi connectivity index (χ0n) is 13.9. The Balaban J connectivity index is 1.72. The third-order valence-electron chi connectivity index (χ3n) is 3.73. The molecule has 4 aromatic rings. The van der Waals surface area contributed by atoms with Crippen LogP contribution in [-0.4, -0.2) is 33.2 Å².